The largest absolute Gasteiger partial charge is 0.369 e. The molecule has 2 aromatic carbocycles. The predicted octanol–water partition coefficient (Wildman–Crippen LogP) is 3.17. The number of rotatable bonds is 3. The average molecular weight is 264 g/mol. The standard InChI is InChI=1S/C14H11ClFNO/c15-12-8-11(5-6-13(12)16)10-3-1-9(2-4-10)7-14(17)18/h1-6,8H,7H2,(H2,17,18). The van der Waals surface area contributed by atoms with Crippen molar-refractivity contribution in [1.82, 2.24) is 0 Å². The molecule has 4 heteroatoms. The summed E-state index contributed by atoms with van der Waals surface area (Å²) in [6.45, 7) is 0. The van der Waals surface area contributed by atoms with Crippen LogP contribution in [0.4, 0.5) is 4.39 Å². The fourth-order valence-corrected chi connectivity index (χ4v) is 1.87. The van der Waals surface area contributed by atoms with Crippen LogP contribution < -0.4 is 5.73 Å². The van der Waals surface area contributed by atoms with Gasteiger partial charge in [0.2, 0.25) is 5.91 Å². The molecule has 0 heterocycles. The molecule has 0 aliphatic heterocycles. The van der Waals surface area contributed by atoms with Gasteiger partial charge in [0.05, 0.1) is 11.4 Å². The van der Waals surface area contributed by atoms with Crippen molar-refractivity contribution >= 4 is 17.5 Å². The highest BCUT2D eigenvalue weighted by atomic mass is 35.5. The van der Waals surface area contributed by atoms with Gasteiger partial charge in [-0.2, -0.15) is 0 Å². The first-order valence-corrected chi connectivity index (χ1v) is 5.77. The number of nitrogens with two attached hydrogens (primary N) is 1. The Morgan fingerprint density at radius 1 is 1.11 bits per heavy atom. The molecule has 0 unspecified atom stereocenters. The van der Waals surface area contributed by atoms with E-state index < -0.39 is 5.82 Å². The summed E-state index contributed by atoms with van der Waals surface area (Å²) in [5.41, 5.74) is 7.69. The minimum absolute atomic E-state index is 0.0914. The minimum atomic E-state index is -0.439. The van der Waals surface area contributed by atoms with Crippen LogP contribution >= 0.6 is 11.6 Å². The summed E-state index contributed by atoms with van der Waals surface area (Å²) in [4.78, 5) is 10.8. The first-order chi connectivity index (χ1) is 8.56. The molecule has 0 spiro atoms. The Balaban J connectivity index is 2.28. The van der Waals surface area contributed by atoms with Crippen LogP contribution in [0.15, 0.2) is 42.5 Å². The van der Waals surface area contributed by atoms with Gasteiger partial charge in [0.15, 0.2) is 0 Å². The summed E-state index contributed by atoms with van der Waals surface area (Å²) in [5, 5.41) is 0.0914. The Morgan fingerprint density at radius 2 is 1.72 bits per heavy atom. The molecule has 0 atom stereocenters. The zero-order chi connectivity index (χ0) is 13.1. The van der Waals surface area contributed by atoms with E-state index in [0.717, 1.165) is 16.7 Å². The molecule has 2 rings (SSSR count). The summed E-state index contributed by atoms with van der Waals surface area (Å²) in [5.74, 6) is -0.807. The molecule has 0 aliphatic rings. The molecule has 2 aromatic rings. The van der Waals surface area contributed by atoms with E-state index in [1.54, 1.807) is 12.1 Å². The first-order valence-electron chi connectivity index (χ1n) is 5.39. The van der Waals surface area contributed by atoms with Gasteiger partial charge in [0.1, 0.15) is 5.82 Å². The molecular formula is C14H11ClFNO. The van der Waals surface area contributed by atoms with Crippen molar-refractivity contribution in [3.63, 3.8) is 0 Å². The van der Waals surface area contributed by atoms with Crippen molar-refractivity contribution in [2.24, 2.45) is 5.73 Å². The number of hydrogen-bond acceptors (Lipinski definition) is 1. The first kappa shape index (κ1) is 12.6. The molecular weight excluding hydrogens is 253 g/mol. The topological polar surface area (TPSA) is 43.1 Å². The van der Waals surface area contributed by atoms with Gasteiger partial charge < -0.3 is 5.73 Å². The third kappa shape index (κ3) is 2.87. The van der Waals surface area contributed by atoms with Crippen molar-refractivity contribution < 1.29 is 9.18 Å². The second-order valence-electron chi connectivity index (χ2n) is 3.97. The minimum Gasteiger partial charge on any atom is -0.369 e. The summed E-state index contributed by atoms with van der Waals surface area (Å²) < 4.78 is 13.0. The quantitative estimate of drug-likeness (QED) is 0.908. The van der Waals surface area contributed by atoms with Crippen LogP contribution in [0.1, 0.15) is 5.56 Å². The highest BCUT2D eigenvalue weighted by Crippen LogP contribution is 2.25. The maximum atomic E-state index is 13.0. The van der Waals surface area contributed by atoms with Crippen molar-refractivity contribution in [3.8, 4) is 11.1 Å². The lowest BCUT2D eigenvalue weighted by Gasteiger charge is -2.04. The molecule has 18 heavy (non-hydrogen) atoms. The van der Waals surface area contributed by atoms with E-state index in [0.29, 0.717) is 0 Å². The molecule has 0 saturated heterocycles. The lowest BCUT2D eigenvalue weighted by molar-refractivity contribution is -0.117. The highest BCUT2D eigenvalue weighted by Gasteiger charge is 2.04. The van der Waals surface area contributed by atoms with E-state index >= 15 is 0 Å². The van der Waals surface area contributed by atoms with Gasteiger partial charge in [0, 0.05) is 0 Å². The van der Waals surface area contributed by atoms with Gasteiger partial charge in [-0.15, -0.1) is 0 Å². The fourth-order valence-electron chi connectivity index (χ4n) is 1.69. The van der Waals surface area contributed by atoms with Gasteiger partial charge in [-0.3, -0.25) is 4.79 Å². The third-order valence-electron chi connectivity index (χ3n) is 2.59. The monoisotopic (exact) mass is 263 g/mol. The van der Waals surface area contributed by atoms with Crippen LogP contribution in [-0.4, -0.2) is 5.91 Å². The van der Waals surface area contributed by atoms with Crippen LogP contribution in [0.5, 0.6) is 0 Å². The Morgan fingerprint density at radius 3 is 2.28 bits per heavy atom. The Kier molecular flexibility index (Phi) is 3.63. The number of amides is 1. The van der Waals surface area contributed by atoms with Gasteiger partial charge in [-0.25, -0.2) is 4.39 Å². The SMILES string of the molecule is NC(=O)Cc1ccc(-c2ccc(F)c(Cl)c2)cc1. The maximum absolute atomic E-state index is 13.0. The van der Waals surface area contributed by atoms with Gasteiger partial charge >= 0.3 is 0 Å². The molecule has 0 radical (unpaired) electrons. The maximum Gasteiger partial charge on any atom is 0.221 e. The predicted molar refractivity (Wildman–Crippen MR) is 69.7 cm³/mol. The van der Waals surface area contributed by atoms with Crippen molar-refractivity contribution in [1.29, 1.82) is 0 Å². The highest BCUT2D eigenvalue weighted by molar-refractivity contribution is 6.31. The van der Waals surface area contributed by atoms with Gasteiger partial charge in [-0.05, 0) is 28.8 Å². The van der Waals surface area contributed by atoms with E-state index in [2.05, 4.69) is 0 Å². The lowest BCUT2D eigenvalue weighted by Crippen LogP contribution is -2.13. The van der Waals surface area contributed by atoms with Crippen molar-refractivity contribution in [3.05, 3.63) is 58.9 Å². The third-order valence-corrected chi connectivity index (χ3v) is 2.87. The fraction of sp³-hybridized carbons (Fsp3) is 0.0714. The molecule has 0 bridgehead atoms. The van der Waals surface area contributed by atoms with Crippen LogP contribution in [-0.2, 0) is 11.2 Å². The van der Waals surface area contributed by atoms with E-state index in [9.17, 15) is 9.18 Å². The van der Waals surface area contributed by atoms with Crippen molar-refractivity contribution in [2.45, 2.75) is 6.42 Å². The summed E-state index contributed by atoms with van der Waals surface area (Å²) in [7, 11) is 0. The number of carbonyl (C=O) groups excluding carboxylic acids is 1. The molecule has 2 N–H and O–H groups in total. The van der Waals surface area contributed by atoms with Crippen molar-refractivity contribution in [2.75, 3.05) is 0 Å². The van der Waals surface area contributed by atoms with E-state index in [1.165, 1.54) is 6.07 Å². The average Bonchev–Trinajstić information content (AvgIpc) is 2.33. The van der Waals surface area contributed by atoms with Crippen LogP contribution in [0.3, 0.4) is 0 Å². The summed E-state index contributed by atoms with van der Waals surface area (Å²) >= 11 is 5.73. The smallest absolute Gasteiger partial charge is 0.221 e. The summed E-state index contributed by atoms with van der Waals surface area (Å²) in [6.07, 6.45) is 0.213. The molecule has 0 saturated carbocycles. The van der Waals surface area contributed by atoms with Gasteiger partial charge in [0.25, 0.3) is 0 Å². The number of halogens is 2. The van der Waals surface area contributed by atoms with E-state index in [1.807, 2.05) is 24.3 Å². The van der Waals surface area contributed by atoms with E-state index in [4.69, 9.17) is 17.3 Å². The molecule has 0 fully saturated rings. The molecule has 0 aromatic heterocycles. The Hall–Kier alpha value is -1.87. The zero-order valence-corrected chi connectivity index (χ0v) is 10.2. The number of primary amides is 1. The normalized spacial score (nSPS) is 10.3. The Labute approximate surface area is 109 Å². The number of carbonyl (C=O) groups is 1. The van der Waals surface area contributed by atoms with Crippen LogP contribution in [0.25, 0.3) is 11.1 Å². The number of hydrogen-bond donors (Lipinski definition) is 1. The molecule has 1 amide bonds. The second-order valence-corrected chi connectivity index (χ2v) is 4.38. The second kappa shape index (κ2) is 5.19. The summed E-state index contributed by atoms with van der Waals surface area (Å²) in [6, 6.07) is 11.9. The number of benzene rings is 2. The molecule has 0 aliphatic carbocycles. The zero-order valence-electron chi connectivity index (χ0n) is 9.49. The lowest BCUT2D eigenvalue weighted by atomic mass is 10.0. The molecule has 2 nitrogen and oxygen atoms in total. The Bertz CT molecular complexity index is 581. The van der Waals surface area contributed by atoms with Crippen LogP contribution in [0.2, 0.25) is 5.02 Å². The molecule has 92 valence electrons. The van der Waals surface area contributed by atoms with E-state index in [-0.39, 0.29) is 17.4 Å². The van der Waals surface area contributed by atoms with Gasteiger partial charge in [-0.1, -0.05) is 41.9 Å². The van der Waals surface area contributed by atoms with Crippen LogP contribution in [0, 0.1) is 5.82 Å².